The van der Waals surface area contributed by atoms with Gasteiger partial charge >= 0.3 is 0 Å². The Morgan fingerprint density at radius 2 is 1.45 bits per heavy atom. The second kappa shape index (κ2) is 5.46. The molecule has 0 aromatic carbocycles. The van der Waals surface area contributed by atoms with Crippen molar-refractivity contribution < 1.29 is 15.7 Å². The molecule has 4 aliphatic carbocycles. The van der Waals surface area contributed by atoms with Gasteiger partial charge in [0, 0.05) is 0 Å². The molecule has 0 radical (unpaired) electrons. The van der Waals surface area contributed by atoms with Crippen LogP contribution in [-0.4, -0.2) is 27.9 Å². The summed E-state index contributed by atoms with van der Waals surface area (Å²) >= 11 is 0. The summed E-state index contributed by atoms with van der Waals surface area (Å²) in [6.07, 6.45) is 10.7. The SMILES string of the molecule is C[C@]12CC[C@H](O)C[C@@H]1CC[C@@H]1[C@@H]2CC[C@]2(C)[C@@H](O)CC[C@@H]12.O. The molecule has 4 aliphatic rings. The molecule has 22 heavy (non-hydrogen) atoms. The fourth-order valence-electron chi connectivity index (χ4n) is 7.21. The molecule has 4 fully saturated rings. The van der Waals surface area contributed by atoms with Crippen LogP contribution in [0.15, 0.2) is 0 Å². The molecule has 0 amide bonds. The lowest BCUT2D eigenvalue weighted by molar-refractivity contribution is -0.133. The minimum absolute atomic E-state index is 0. The van der Waals surface area contributed by atoms with Gasteiger partial charge in [-0.1, -0.05) is 13.8 Å². The average Bonchev–Trinajstić information content (AvgIpc) is 2.76. The van der Waals surface area contributed by atoms with Crippen LogP contribution < -0.4 is 0 Å². The molecule has 4 rings (SSSR count). The van der Waals surface area contributed by atoms with Gasteiger partial charge in [0.15, 0.2) is 0 Å². The van der Waals surface area contributed by atoms with Crippen molar-refractivity contribution in [2.75, 3.05) is 0 Å². The van der Waals surface area contributed by atoms with Gasteiger partial charge in [0.05, 0.1) is 12.2 Å². The van der Waals surface area contributed by atoms with E-state index in [-0.39, 0.29) is 23.1 Å². The van der Waals surface area contributed by atoms with Crippen molar-refractivity contribution in [3.8, 4) is 0 Å². The number of rotatable bonds is 0. The minimum atomic E-state index is -0.0536. The summed E-state index contributed by atoms with van der Waals surface area (Å²) in [6, 6.07) is 0. The van der Waals surface area contributed by atoms with Crippen molar-refractivity contribution in [3.63, 3.8) is 0 Å². The standard InChI is InChI=1S/C19H32O2.H2O/c1-18-9-7-13(20)11-12(18)3-4-14-15-5-6-17(21)19(15,2)10-8-16(14)18;/h12-17,20-21H,3-11H2,1-2H3;1H2/t12-,13-,14-,15-,16-,17-,18-,19-;/m0./s1. The Morgan fingerprint density at radius 1 is 0.773 bits per heavy atom. The molecule has 3 heteroatoms. The van der Waals surface area contributed by atoms with Gasteiger partial charge in [0.25, 0.3) is 0 Å². The van der Waals surface area contributed by atoms with Crippen molar-refractivity contribution in [3.05, 3.63) is 0 Å². The van der Waals surface area contributed by atoms with Gasteiger partial charge in [-0.05, 0) is 92.3 Å². The first kappa shape index (κ1) is 16.7. The highest BCUT2D eigenvalue weighted by Crippen LogP contribution is 2.66. The maximum atomic E-state index is 10.5. The monoisotopic (exact) mass is 310 g/mol. The van der Waals surface area contributed by atoms with E-state index in [1.54, 1.807) is 0 Å². The van der Waals surface area contributed by atoms with Crippen LogP contribution in [0.25, 0.3) is 0 Å². The molecule has 0 spiro atoms. The second-order valence-corrected chi connectivity index (χ2v) is 9.22. The summed E-state index contributed by atoms with van der Waals surface area (Å²) < 4.78 is 0. The lowest BCUT2D eigenvalue weighted by atomic mass is 9.45. The Bertz CT molecular complexity index is 425. The molecular weight excluding hydrogens is 276 g/mol. The highest BCUT2D eigenvalue weighted by Gasteiger charge is 2.59. The number of fused-ring (bicyclic) bond motifs is 5. The lowest BCUT2D eigenvalue weighted by Gasteiger charge is -2.60. The molecule has 0 saturated heterocycles. The molecular formula is C19H34O3. The summed E-state index contributed by atoms with van der Waals surface area (Å²) in [5, 5.41) is 20.5. The Morgan fingerprint density at radius 3 is 2.23 bits per heavy atom. The average molecular weight is 310 g/mol. The third-order valence-corrected chi connectivity index (χ3v) is 8.59. The Labute approximate surface area is 134 Å². The normalized spacial score (nSPS) is 57.3. The van der Waals surface area contributed by atoms with Crippen LogP contribution in [0, 0.1) is 34.5 Å². The zero-order valence-electron chi connectivity index (χ0n) is 14.2. The van der Waals surface area contributed by atoms with E-state index in [0.717, 1.165) is 42.9 Å². The number of aliphatic hydroxyl groups excluding tert-OH is 2. The topological polar surface area (TPSA) is 72.0 Å². The van der Waals surface area contributed by atoms with Gasteiger partial charge in [-0.25, -0.2) is 0 Å². The van der Waals surface area contributed by atoms with Crippen molar-refractivity contribution >= 4 is 0 Å². The fourth-order valence-corrected chi connectivity index (χ4v) is 7.21. The summed E-state index contributed by atoms with van der Waals surface area (Å²) in [4.78, 5) is 0. The molecule has 0 aliphatic heterocycles. The van der Waals surface area contributed by atoms with Crippen LogP contribution in [0.2, 0.25) is 0 Å². The Kier molecular flexibility index (Phi) is 4.15. The fraction of sp³-hybridized carbons (Fsp3) is 1.00. The van der Waals surface area contributed by atoms with Gasteiger partial charge in [-0.15, -0.1) is 0 Å². The van der Waals surface area contributed by atoms with E-state index in [1.807, 2.05) is 0 Å². The second-order valence-electron chi connectivity index (χ2n) is 9.22. The smallest absolute Gasteiger partial charge is 0.0596 e. The quantitative estimate of drug-likeness (QED) is 0.722. The molecule has 8 atom stereocenters. The van der Waals surface area contributed by atoms with Gasteiger partial charge in [-0.3, -0.25) is 0 Å². The third kappa shape index (κ3) is 2.12. The summed E-state index contributed by atoms with van der Waals surface area (Å²) in [5.41, 5.74) is 0.676. The lowest BCUT2D eigenvalue weighted by Crippen LogP contribution is -2.54. The van der Waals surface area contributed by atoms with Gasteiger partial charge in [-0.2, -0.15) is 0 Å². The molecule has 3 nitrogen and oxygen atoms in total. The van der Waals surface area contributed by atoms with E-state index in [4.69, 9.17) is 0 Å². The van der Waals surface area contributed by atoms with Gasteiger partial charge in [0.2, 0.25) is 0 Å². The third-order valence-electron chi connectivity index (χ3n) is 8.59. The van der Waals surface area contributed by atoms with Crippen molar-refractivity contribution in [2.24, 2.45) is 34.5 Å². The maximum absolute atomic E-state index is 10.5. The summed E-state index contributed by atoms with van der Waals surface area (Å²) in [7, 11) is 0. The first-order chi connectivity index (χ1) is 9.95. The van der Waals surface area contributed by atoms with Crippen LogP contribution in [0.4, 0.5) is 0 Å². The summed E-state index contributed by atoms with van der Waals surface area (Å²) in [5.74, 6) is 3.21. The first-order valence-corrected chi connectivity index (χ1v) is 9.31. The molecule has 128 valence electrons. The van der Waals surface area contributed by atoms with E-state index in [9.17, 15) is 10.2 Å². The minimum Gasteiger partial charge on any atom is -0.412 e. The molecule has 0 heterocycles. The predicted octanol–water partition coefficient (Wildman–Crippen LogP) is 2.93. The number of aliphatic hydroxyl groups is 2. The van der Waals surface area contributed by atoms with E-state index in [1.165, 1.54) is 38.5 Å². The molecule has 0 aromatic heterocycles. The van der Waals surface area contributed by atoms with E-state index in [0.29, 0.717) is 5.41 Å². The highest BCUT2D eigenvalue weighted by atomic mass is 16.3. The van der Waals surface area contributed by atoms with E-state index >= 15 is 0 Å². The molecule has 0 aromatic rings. The van der Waals surface area contributed by atoms with Crippen LogP contribution in [0.1, 0.15) is 71.6 Å². The zero-order valence-corrected chi connectivity index (χ0v) is 14.2. The molecule has 4 N–H and O–H groups in total. The molecule has 0 unspecified atom stereocenters. The van der Waals surface area contributed by atoms with Gasteiger partial charge < -0.3 is 15.7 Å². The van der Waals surface area contributed by atoms with Crippen LogP contribution in [-0.2, 0) is 0 Å². The Balaban J connectivity index is 0.00000144. The largest absolute Gasteiger partial charge is 0.412 e. The number of hydrogen-bond donors (Lipinski definition) is 2. The molecule has 0 bridgehead atoms. The van der Waals surface area contributed by atoms with E-state index in [2.05, 4.69) is 13.8 Å². The van der Waals surface area contributed by atoms with E-state index < -0.39 is 0 Å². The van der Waals surface area contributed by atoms with Crippen LogP contribution in [0.5, 0.6) is 0 Å². The number of hydrogen-bond acceptors (Lipinski definition) is 2. The first-order valence-electron chi connectivity index (χ1n) is 9.31. The molecule has 4 saturated carbocycles. The Hall–Kier alpha value is -0.120. The zero-order chi connectivity index (χ0) is 14.8. The van der Waals surface area contributed by atoms with Gasteiger partial charge in [0.1, 0.15) is 0 Å². The predicted molar refractivity (Wildman–Crippen MR) is 87.4 cm³/mol. The highest BCUT2D eigenvalue weighted by molar-refractivity contribution is 5.09. The van der Waals surface area contributed by atoms with Crippen LogP contribution >= 0.6 is 0 Å². The van der Waals surface area contributed by atoms with Crippen molar-refractivity contribution in [2.45, 2.75) is 83.8 Å². The van der Waals surface area contributed by atoms with Crippen LogP contribution in [0.3, 0.4) is 0 Å². The maximum Gasteiger partial charge on any atom is 0.0596 e. The summed E-state index contributed by atoms with van der Waals surface area (Å²) in [6.45, 7) is 4.90. The van der Waals surface area contributed by atoms with Crippen molar-refractivity contribution in [1.82, 2.24) is 0 Å². The van der Waals surface area contributed by atoms with Crippen molar-refractivity contribution in [1.29, 1.82) is 0 Å².